The highest BCUT2D eigenvalue weighted by Gasteiger charge is 2.33. The summed E-state index contributed by atoms with van der Waals surface area (Å²) in [6.45, 7) is 2.05. The maximum atomic E-state index is 13.6. The van der Waals surface area contributed by atoms with Gasteiger partial charge in [0.05, 0.1) is 36.1 Å². The molecule has 2 heterocycles. The fourth-order valence-electron chi connectivity index (χ4n) is 3.98. The average Bonchev–Trinajstić information content (AvgIpc) is 3.20. The SMILES string of the molecule is C#CCOc1ccc(/C=c2\sc3n(c2=O)[C@@H](c2ccccc2)C(C(=O)OC)=C(CC)N=3)cc1OC. The van der Waals surface area contributed by atoms with E-state index in [-0.39, 0.29) is 12.2 Å². The number of fused-ring (bicyclic) bond motifs is 1. The number of esters is 1. The predicted molar refractivity (Wildman–Crippen MR) is 134 cm³/mol. The summed E-state index contributed by atoms with van der Waals surface area (Å²) in [4.78, 5) is 31.7. The van der Waals surface area contributed by atoms with Crippen molar-refractivity contribution in [2.75, 3.05) is 20.8 Å². The van der Waals surface area contributed by atoms with Crippen molar-refractivity contribution in [2.45, 2.75) is 19.4 Å². The molecule has 1 atom stereocenters. The highest BCUT2D eigenvalue weighted by Crippen LogP contribution is 2.32. The lowest BCUT2D eigenvalue weighted by Gasteiger charge is -2.25. The van der Waals surface area contributed by atoms with Crippen LogP contribution in [0.25, 0.3) is 6.08 Å². The second kappa shape index (κ2) is 10.5. The van der Waals surface area contributed by atoms with Gasteiger partial charge < -0.3 is 14.2 Å². The number of carbonyl (C=O) groups excluding carboxylic acids is 1. The quantitative estimate of drug-likeness (QED) is 0.378. The van der Waals surface area contributed by atoms with Gasteiger partial charge in [-0.15, -0.1) is 6.42 Å². The first-order valence-corrected chi connectivity index (χ1v) is 11.8. The Kier molecular flexibility index (Phi) is 7.18. The Hall–Kier alpha value is -4.09. The summed E-state index contributed by atoms with van der Waals surface area (Å²) >= 11 is 1.27. The molecule has 1 aromatic heterocycles. The summed E-state index contributed by atoms with van der Waals surface area (Å²) in [5.41, 5.74) is 2.29. The molecule has 1 aliphatic heterocycles. The van der Waals surface area contributed by atoms with Crippen molar-refractivity contribution in [3.63, 3.8) is 0 Å². The van der Waals surface area contributed by atoms with Crippen molar-refractivity contribution in [3.05, 3.63) is 90.6 Å². The number of terminal acetylenes is 1. The molecule has 0 N–H and O–H groups in total. The number of hydrogen-bond donors (Lipinski definition) is 0. The molecule has 0 bridgehead atoms. The number of rotatable bonds is 7. The van der Waals surface area contributed by atoms with E-state index < -0.39 is 12.0 Å². The molecule has 0 spiro atoms. The zero-order valence-electron chi connectivity index (χ0n) is 19.6. The molecule has 0 fully saturated rings. The summed E-state index contributed by atoms with van der Waals surface area (Å²) < 4.78 is 18.0. The van der Waals surface area contributed by atoms with Crippen molar-refractivity contribution in [1.82, 2.24) is 4.57 Å². The summed E-state index contributed by atoms with van der Waals surface area (Å²) in [7, 11) is 2.87. The number of allylic oxidation sites excluding steroid dienone is 1. The van der Waals surface area contributed by atoms with Crippen LogP contribution in [0.5, 0.6) is 11.5 Å². The minimum atomic E-state index is -0.633. The third kappa shape index (κ3) is 4.63. The van der Waals surface area contributed by atoms with Crippen LogP contribution in [0.15, 0.2) is 69.6 Å². The second-order valence-corrected chi connectivity index (χ2v) is 8.61. The maximum Gasteiger partial charge on any atom is 0.338 e. The van der Waals surface area contributed by atoms with E-state index in [1.165, 1.54) is 25.6 Å². The number of thiazole rings is 1. The number of aromatic nitrogens is 1. The number of benzene rings is 2. The molecule has 4 rings (SSSR count). The van der Waals surface area contributed by atoms with E-state index in [1.807, 2.05) is 43.3 Å². The van der Waals surface area contributed by atoms with E-state index in [4.69, 9.17) is 20.6 Å². The minimum absolute atomic E-state index is 0.121. The zero-order valence-corrected chi connectivity index (χ0v) is 20.4. The number of ether oxygens (including phenoxy) is 3. The van der Waals surface area contributed by atoms with Gasteiger partial charge in [0, 0.05) is 0 Å². The lowest BCUT2D eigenvalue weighted by atomic mass is 9.95. The Labute approximate surface area is 206 Å². The third-order valence-electron chi connectivity index (χ3n) is 5.56. The van der Waals surface area contributed by atoms with Crippen LogP contribution < -0.4 is 24.4 Å². The zero-order chi connectivity index (χ0) is 24.9. The van der Waals surface area contributed by atoms with Crippen molar-refractivity contribution >= 4 is 23.4 Å². The molecule has 35 heavy (non-hydrogen) atoms. The van der Waals surface area contributed by atoms with Crippen LogP contribution in [0.3, 0.4) is 0 Å². The Morgan fingerprint density at radius 3 is 2.63 bits per heavy atom. The molecule has 1 aliphatic rings. The Morgan fingerprint density at radius 2 is 1.97 bits per heavy atom. The van der Waals surface area contributed by atoms with E-state index in [0.717, 1.165) is 11.1 Å². The summed E-state index contributed by atoms with van der Waals surface area (Å²) in [5.74, 6) is 2.95. The van der Waals surface area contributed by atoms with Gasteiger partial charge in [0.15, 0.2) is 16.3 Å². The molecular weight excluding hydrogens is 464 g/mol. The van der Waals surface area contributed by atoms with Gasteiger partial charge >= 0.3 is 5.97 Å². The van der Waals surface area contributed by atoms with Gasteiger partial charge in [0.25, 0.3) is 5.56 Å². The number of nitrogens with zero attached hydrogens (tertiary/aromatic N) is 2. The summed E-state index contributed by atoms with van der Waals surface area (Å²) in [6, 6.07) is 14.1. The molecule has 0 saturated carbocycles. The second-order valence-electron chi connectivity index (χ2n) is 7.60. The van der Waals surface area contributed by atoms with Crippen LogP contribution in [0.2, 0.25) is 0 Å². The molecule has 8 heteroatoms. The highest BCUT2D eigenvalue weighted by molar-refractivity contribution is 7.07. The Bertz CT molecular complexity index is 1510. The van der Waals surface area contributed by atoms with Gasteiger partial charge in [-0.2, -0.15) is 0 Å². The Morgan fingerprint density at radius 1 is 1.20 bits per heavy atom. The first kappa shape index (κ1) is 24.0. The van der Waals surface area contributed by atoms with Crippen LogP contribution in [-0.4, -0.2) is 31.4 Å². The Balaban J connectivity index is 1.90. The van der Waals surface area contributed by atoms with E-state index in [2.05, 4.69) is 10.9 Å². The van der Waals surface area contributed by atoms with Crippen molar-refractivity contribution in [3.8, 4) is 23.8 Å². The first-order valence-electron chi connectivity index (χ1n) is 10.9. The minimum Gasteiger partial charge on any atom is -0.493 e. The smallest absolute Gasteiger partial charge is 0.338 e. The van der Waals surface area contributed by atoms with Gasteiger partial charge in [0.1, 0.15) is 6.61 Å². The highest BCUT2D eigenvalue weighted by atomic mass is 32.1. The van der Waals surface area contributed by atoms with E-state index in [0.29, 0.717) is 38.5 Å². The van der Waals surface area contributed by atoms with Crippen LogP contribution in [-0.2, 0) is 9.53 Å². The fraction of sp³-hybridized carbons (Fsp3) is 0.222. The first-order chi connectivity index (χ1) is 17.0. The molecule has 0 saturated heterocycles. The van der Waals surface area contributed by atoms with Crippen LogP contribution >= 0.6 is 11.3 Å². The molecule has 178 valence electrons. The predicted octanol–water partition coefficient (Wildman–Crippen LogP) is 2.82. The molecule has 7 nitrogen and oxygen atoms in total. The fourth-order valence-corrected chi connectivity index (χ4v) is 5.00. The lowest BCUT2D eigenvalue weighted by molar-refractivity contribution is -0.136. The largest absolute Gasteiger partial charge is 0.493 e. The number of hydrogen-bond acceptors (Lipinski definition) is 7. The van der Waals surface area contributed by atoms with Crippen LogP contribution in [0, 0.1) is 12.3 Å². The summed E-state index contributed by atoms with van der Waals surface area (Å²) in [5, 5.41) is 0. The molecule has 0 radical (unpaired) electrons. The molecule has 0 amide bonds. The lowest BCUT2D eigenvalue weighted by Crippen LogP contribution is -2.40. The monoisotopic (exact) mass is 488 g/mol. The topological polar surface area (TPSA) is 79.1 Å². The number of methoxy groups -OCH3 is 2. The van der Waals surface area contributed by atoms with Crippen molar-refractivity contribution in [2.24, 2.45) is 4.99 Å². The van der Waals surface area contributed by atoms with Gasteiger partial charge in [0.2, 0.25) is 0 Å². The molecule has 3 aromatic rings. The van der Waals surface area contributed by atoms with Gasteiger partial charge in [-0.3, -0.25) is 9.36 Å². The average molecular weight is 489 g/mol. The van der Waals surface area contributed by atoms with Gasteiger partial charge in [-0.25, -0.2) is 9.79 Å². The van der Waals surface area contributed by atoms with Crippen LogP contribution in [0.4, 0.5) is 0 Å². The third-order valence-corrected chi connectivity index (χ3v) is 6.54. The normalized spacial score (nSPS) is 15.1. The van der Waals surface area contributed by atoms with E-state index in [9.17, 15) is 9.59 Å². The van der Waals surface area contributed by atoms with Crippen molar-refractivity contribution in [1.29, 1.82) is 0 Å². The van der Waals surface area contributed by atoms with Crippen molar-refractivity contribution < 1.29 is 19.0 Å². The summed E-state index contributed by atoms with van der Waals surface area (Å²) in [6.07, 6.45) is 7.57. The van der Waals surface area contributed by atoms with Gasteiger partial charge in [-0.05, 0) is 35.8 Å². The molecule has 2 aromatic carbocycles. The maximum absolute atomic E-state index is 13.6. The van der Waals surface area contributed by atoms with E-state index in [1.54, 1.807) is 22.8 Å². The molecule has 0 unspecified atom stereocenters. The molecular formula is C27H24N2O5S. The van der Waals surface area contributed by atoms with E-state index >= 15 is 0 Å². The standard InChI is InChI=1S/C27H24N2O5S/c1-5-14-34-20-13-12-17(15-21(20)32-3)16-22-25(30)29-24(18-10-8-7-9-11-18)23(26(31)33-4)19(6-2)28-27(29)35-22/h1,7-13,15-16,24H,6,14H2,2-4H3/b22-16-/t24-/m0/s1. The molecule has 0 aliphatic carbocycles. The van der Waals surface area contributed by atoms with Crippen LogP contribution in [0.1, 0.15) is 30.5 Å². The van der Waals surface area contributed by atoms with Gasteiger partial charge in [-0.1, -0.05) is 60.6 Å². The number of carbonyl (C=O) groups is 1.